The Morgan fingerprint density at radius 3 is 2.65 bits per heavy atom. The minimum Gasteiger partial charge on any atom is -0.497 e. The number of nitrogens with one attached hydrogen (secondary N) is 1. The van der Waals surface area contributed by atoms with Crippen LogP contribution in [0.1, 0.15) is 5.56 Å². The van der Waals surface area contributed by atoms with Crippen molar-refractivity contribution in [1.82, 2.24) is 10.2 Å². The van der Waals surface area contributed by atoms with Gasteiger partial charge in [-0.25, -0.2) is 4.79 Å². The van der Waals surface area contributed by atoms with Crippen molar-refractivity contribution < 1.29 is 14.3 Å². The summed E-state index contributed by atoms with van der Waals surface area (Å²) in [5.74, 6) is 0.575. The second kappa shape index (κ2) is 8.10. The molecule has 1 aliphatic heterocycles. The van der Waals surface area contributed by atoms with Gasteiger partial charge in [0.1, 0.15) is 12.3 Å². The van der Waals surface area contributed by atoms with Gasteiger partial charge >= 0.3 is 6.03 Å². The molecule has 7 heteroatoms. The van der Waals surface area contributed by atoms with Crippen molar-refractivity contribution in [2.45, 2.75) is 6.54 Å². The Bertz CT molecular complexity index is 795. The number of nitrogens with zero attached hydrogens (tertiary/aromatic N) is 2. The first-order chi connectivity index (χ1) is 12.6. The Kier molecular flexibility index (Phi) is 5.63. The molecule has 26 heavy (non-hydrogen) atoms. The summed E-state index contributed by atoms with van der Waals surface area (Å²) in [5, 5.41) is 3.41. The first-order valence-electron chi connectivity index (χ1n) is 8.28. The number of carbonyl (C=O) groups is 2. The second-order valence-corrected chi connectivity index (χ2v) is 6.40. The van der Waals surface area contributed by atoms with Crippen molar-refractivity contribution >= 4 is 29.2 Å². The number of carbonyl (C=O) groups excluding carboxylic acids is 2. The van der Waals surface area contributed by atoms with E-state index in [1.165, 1.54) is 4.90 Å². The summed E-state index contributed by atoms with van der Waals surface area (Å²) in [5.41, 5.74) is 1.70. The van der Waals surface area contributed by atoms with Crippen LogP contribution in [0.4, 0.5) is 10.5 Å². The predicted molar refractivity (Wildman–Crippen MR) is 101 cm³/mol. The van der Waals surface area contributed by atoms with Gasteiger partial charge in [0.2, 0.25) is 5.91 Å². The first-order valence-corrected chi connectivity index (χ1v) is 8.66. The van der Waals surface area contributed by atoms with Gasteiger partial charge in [0.15, 0.2) is 0 Å². The van der Waals surface area contributed by atoms with Crippen molar-refractivity contribution in [2.24, 2.45) is 0 Å². The van der Waals surface area contributed by atoms with Gasteiger partial charge in [-0.15, -0.1) is 0 Å². The molecule has 0 spiro atoms. The van der Waals surface area contributed by atoms with E-state index >= 15 is 0 Å². The molecule has 0 aliphatic carbocycles. The number of rotatable bonds is 6. The maximum atomic E-state index is 12.5. The molecule has 0 bridgehead atoms. The van der Waals surface area contributed by atoms with Gasteiger partial charge in [0.25, 0.3) is 0 Å². The van der Waals surface area contributed by atoms with Crippen LogP contribution < -0.4 is 15.0 Å². The van der Waals surface area contributed by atoms with Crippen LogP contribution in [0.2, 0.25) is 5.02 Å². The fourth-order valence-electron chi connectivity index (χ4n) is 2.79. The third-order valence-corrected chi connectivity index (χ3v) is 4.43. The van der Waals surface area contributed by atoms with E-state index < -0.39 is 0 Å². The molecule has 0 unspecified atom stereocenters. The summed E-state index contributed by atoms with van der Waals surface area (Å²) in [7, 11) is 1.61. The van der Waals surface area contributed by atoms with Crippen molar-refractivity contribution in [2.75, 3.05) is 31.6 Å². The normalized spacial score (nSPS) is 13.8. The molecular formula is C19H20ClN3O3. The van der Waals surface area contributed by atoms with Gasteiger partial charge in [-0.1, -0.05) is 29.8 Å². The third kappa shape index (κ3) is 4.26. The summed E-state index contributed by atoms with van der Waals surface area (Å²) in [6.07, 6.45) is 0. The Hall–Kier alpha value is -2.73. The van der Waals surface area contributed by atoms with Gasteiger partial charge in [-0.2, -0.15) is 0 Å². The zero-order valence-corrected chi connectivity index (χ0v) is 15.2. The van der Waals surface area contributed by atoms with Crippen LogP contribution in [-0.4, -0.2) is 43.6 Å². The average Bonchev–Trinajstić information content (AvgIpc) is 3.01. The maximum Gasteiger partial charge on any atom is 0.325 e. The molecule has 3 rings (SSSR count). The molecule has 0 saturated carbocycles. The van der Waals surface area contributed by atoms with Gasteiger partial charge in [-0.3, -0.25) is 9.69 Å². The summed E-state index contributed by atoms with van der Waals surface area (Å²) < 4.78 is 5.10. The molecular weight excluding hydrogens is 354 g/mol. The monoisotopic (exact) mass is 373 g/mol. The van der Waals surface area contributed by atoms with E-state index in [4.69, 9.17) is 16.3 Å². The zero-order valence-electron chi connectivity index (χ0n) is 14.4. The highest BCUT2D eigenvalue weighted by Gasteiger charge is 2.30. The first kappa shape index (κ1) is 18.1. The smallest absolute Gasteiger partial charge is 0.325 e. The SMILES string of the molecule is COc1ccc(CNC(=O)CN2CCN(c3cccc(Cl)c3)C2=O)cc1. The van der Waals surface area contributed by atoms with Crippen LogP contribution in [0.3, 0.4) is 0 Å². The molecule has 1 saturated heterocycles. The van der Waals surface area contributed by atoms with Crippen LogP contribution in [0.5, 0.6) is 5.75 Å². The molecule has 0 aromatic heterocycles. The van der Waals surface area contributed by atoms with E-state index in [1.807, 2.05) is 30.3 Å². The summed E-state index contributed by atoms with van der Waals surface area (Å²) in [6, 6.07) is 14.4. The number of ether oxygens (including phenoxy) is 1. The maximum absolute atomic E-state index is 12.5. The fraction of sp³-hybridized carbons (Fsp3) is 0.263. The number of anilines is 1. The standard InChI is InChI=1S/C19H20ClN3O3/c1-26-17-7-5-14(6-8-17)12-21-18(24)13-22-9-10-23(19(22)25)16-4-2-3-15(20)11-16/h2-8,11H,9-10,12-13H2,1H3,(H,21,24). The molecule has 1 heterocycles. The summed E-state index contributed by atoms with van der Waals surface area (Å²) >= 11 is 5.99. The number of benzene rings is 2. The quantitative estimate of drug-likeness (QED) is 0.846. The number of hydrogen-bond donors (Lipinski definition) is 1. The van der Waals surface area contributed by atoms with Crippen molar-refractivity contribution in [3.05, 3.63) is 59.1 Å². The van der Waals surface area contributed by atoms with E-state index in [-0.39, 0.29) is 18.5 Å². The highest BCUT2D eigenvalue weighted by Crippen LogP contribution is 2.23. The van der Waals surface area contributed by atoms with Gasteiger partial charge in [0.05, 0.1) is 7.11 Å². The molecule has 3 amide bonds. The van der Waals surface area contributed by atoms with E-state index in [0.717, 1.165) is 17.0 Å². The van der Waals surface area contributed by atoms with Crippen LogP contribution >= 0.6 is 11.6 Å². The summed E-state index contributed by atoms with van der Waals surface area (Å²) in [4.78, 5) is 27.8. The Balaban J connectivity index is 1.52. The van der Waals surface area contributed by atoms with Crippen molar-refractivity contribution in [3.63, 3.8) is 0 Å². The molecule has 1 aliphatic rings. The molecule has 0 atom stereocenters. The predicted octanol–water partition coefficient (Wildman–Crippen LogP) is 2.91. The molecule has 136 valence electrons. The minimum atomic E-state index is -0.192. The van der Waals surface area contributed by atoms with Crippen LogP contribution in [-0.2, 0) is 11.3 Å². The number of urea groups is 1. The molecule has 6 nitrogen and oxygen atoms in total. The van der Waals surface area contributed by atoms with E-state index in [0.29, 0.717) is 24.7 Å². The number of halogens is 1. The molecule has 0 radical (unpaired) electrons. The largest absolute Gasteiger partial charge is 0.497 e. The third-order valence-electron chi connectivity index (χ3n) is 4.20. The zero-order chi connectivity index (χ0) is 18.5. The lowest BCUT2D eigenvalue weighted by Crippen LogP contribution is -2.39. The van der Waals surface area contributed by atoms with E-state index in [9.17, 15) is 9.59 Å². The molecule has 1 N–H and O–H groups in total. The lowest BCUT2D eigenvalue weighted by atomic mass is 10.2. The molecule has 1 fully saturated rings. The number of amides is 3. The van der Waals surface area contributed by atoms with Gasteiger partial charge < -0.3 is 15.0 Å². The Labute approximate surface area is 157 Å². The Morgan fingerprint density at radius 1 is 1.19 bits per heavy atom. The van der Waals surface area contributed by atoms with Crippen LogP contribution in [0.15, 0.2) is 48.5 Å². The van der Waals surface area contributed by atoms with Crippen molar-refractivity contribution in [3.8, 4) is 5.75 Å². The second-order valence-electron chi connectivity index (χ2n) is 5.96. The highest BCUT2D eigenvalue weighted by molar-refractivity contribution is 6.30. The van der Waals surface area contributed by atoms with Crippen LogP contribution in [0.25, 0.3) is 0 Å². The lowest BCUT2D eigenvalue weighted by molar-refractivity contribution is -0.121. The van der Waals surface area contributed by atoms with Gasteiger partial charge in [0, 0.05) is 30.3 Å². The average molecular weight is 374 g/mol. The van der Waals surface area contributed by atoms with E-state index in [2.05, 4.69) is 5.32 Å². The van der Waals surface area contributed by atoms with Gasteiger partial charge in [-0.05, 0) is 35.9 Å². The molecule has 2 aromatic carbocycles. The summed E-state index contributed by atoms with van der Waals surface area (Å²) in [6.45, 7) is 1.47. The van der Waals surface area contributed by atoms with Crippen LogP contribution in [0, 0.1) is 0 Å². The number of methoxy groups -OCH3 is 1. The topological polar surface area (TPSA) is 61.9 Å². The lowest BCUT2D eigenvalue weighted by Gasteiger charge is -2.18. The highest BCUT2D eigenvalue weighted by atomic mass is 35.5. The van der Waals surface area contributed by atoms with Crippen molar-refractivity contribution in [1.29, 1.82) is 0 Å². The molecule has 2 aromatic rings. The van der Waals surface area contributed by atoms with E-state index in [1.54, 1.807) is 30.2 Å². The Morgan fingerprint density at radius 2 is 1.96 bits per heavy atom. The number of hydrogen-bond acceptors (Lipinski definition) is 3. The fourth-order valence-corrected chi connectivity index (χ4v) is 2.97. The minimum absolute atomic E-state index is 0.0338.